The Morgan fingerprint density at radius 1 is 0.933 bits per heavy atom. The molecule has 4 aromatic rings. The van der Waals surface area contributed by atoms with E-state index in [-0.39, 0.29) is 0 Å². The van der Waals surface area contributed by atoms with Gasteiger partial charge in [-0.3, -0.25) is 4.98 Å². The van der Waals surface area contributed by atoms with E-state index in [0.29, 0.717) is 0 Å². The van der Waals surface area contributed by atoms with Crippen molar-refractivity contribution in [2.24, 2.45) is 0 Å². The minimum absolute atomic E-state index is 0.667. The lowest BCUT2D eigenvalue weighted by Gasteiger charge is -2.04. The number of fused-ring (bicyclic) bond motifs is 1. The molecule has 0 aliphatic carbocycles. The van der Waals surface area contributed by atoms with Crippen LogP contribution in [0.1, 0.15) is 43.3 Å². The summed E-state index contributed by atoms with van der Waals surface area (Å²) in [6, 6.07) is 19.1. The number of halogens is 1. The highest BCUT2D eigenvalue weighted by Gasteiger charge is 2.10. The Kier molecular flexibility index (Phi) is 7.34. The zero-order valence-corrected chi connectivity index (χ0v) is 18.2. The van der Waals surface area contributed by atoms with Crippen molar-refractivity contribution >= 4 is 11.0 Å². The average Bonchev–Trinajstić information content (AvgIpc) is 3.15. The number of aromatic nitrogens is 2. The highest BCUT2D eigenvalue weighted by molar-refractivity contribution is 5.85. The summed E-state index contributed by atoms with van der Waals surface area (Å²) in [5.74, 6) is 0. The monoisotopic (exact) mass is 404 g/mol. The van der Waals surface area contributed by atoms with E-state index in [2.05, 4.69) is 72.5 Å². The minimum atomic E-state index is -0.667. The summed E-state index contributed by atoms with van der Waals surface area (Å²) in [5, 5.41) is 5.39. The van der Waals surface area contributed by atoms with Gasteiger partial charge in [0.05, 0.1) is 11.9 Å². The predicted molar refractivity (Wildman–Crippen MR) is 121 cm³/mol. The van der Waals surface area contributed by atoms with Crippen LogP contribution < -0.4 is 0 Å². The van der Waals surface area contributed by atoms with Crippen LogP contribution in [0.15, 0.2) is 65.3 Å². The Morgan fingerprint density at radius 3 is 2.33 bits per heavy atom. The summed E-state index contributed by atoms with van der Waals surface area (Å²) in [6.45, 7) is 7.27. The van der Waals surface area contributed by atoms with E-state index < -0.39 is 6.17 Å². The molecule has 0 fully saturated rings. The van der Waals surface area contributed by atoms with Crippen molar-refractivity contribution in [2.75, 3.05) is 0 Å². The number of nitrogens with zero attached hydrogens (tertiary/aromatic N) is 2. The Balaban J connectivity index is 0.000000589. The van der Waals surface area contributed by atoms with Crippen molar-refractivity contribution in [1.82, 2.24) is 10.1 Å². The first kappa shape index (κ1) is 21.7. The van der Waals surface area contributed by atoms with Crippen LogP contribution in [0.5, 0.6) is 0 Å². The van der Waals surface area contributed by atoms with Crippen molar-refractivity contribution in [1.29, 1.82) is 0 Å². The standard InChI is InChI=1S/C23H22N2O.C3H7F/c1-3-17-12-13-24-20(14-17)9-10-22-21-15-19(8-11-23(21)26-25-22)18-6-4-16(2)5-7-18;1-3(2)4/h4-8,11-15H,3,9-10H2,1-2H3;3H,1-2H3. The molecule has 3 nitrogen and oxygen atoms in total. The fourth-order valence-corrected chi connectivity index (χ4v) is 3.23. The first-order chi connectivity index (χ1) is 14.5. The number of alkyl halides is 1. The number of hydrogen-bond acceptors (Lipinski definition) is 3. The molecule has 0 saturated carbocycles. The van der Waals surface area contributed by atoms with Crippen LogP contribution in [0.4, 0.5) is 4.39 Å². The molecule has 0 saturated heterocycles. The Bertz CT molecular complexity index is 1080. The summed E-state index contributed by atoms with van der Waals surface area (Å²) in [7, 11) is 0. The third-order valence-electron chi connectivity index (χ3n) is 4.84. The van der Waals surface area contributed by atoms with E-state index in [1.165, 1.54) is 36.1 Å². The van der Waals surface area contributed by atoms with Gasteiger partial charge in [0.15, 0.2) is 5.58 Å². The van der Waals surface area contributed by atoms with Gasteiger partial charge < -0.3 is 4.52 Å². The molecular weight excluding hydrogens is 375 g/mol. The summed E-state index contributed by atoms with van der Waals surface area (Å²) in [6.07, 6.45) is 3.95. The van der Waals surface area contributed by atoms with Crippen LogP contribution in [0, 0.1) is 6.92 Å². The molecule has 4 rings (SSSR count). The molecule has 2 heterocycles. The fraction of sp³-hybridized carbons (Fsp3) is 0.308. The summed E-state index contributed by atoms with van der Waals surface area (Å²) in [4.78, 5) is 4.48. The third-order valence-corrected chi connectivity index (χ3v) is 4.84. The van der Waals surface area contributed by atoms with Gasteiger partial charge in [-0.1, -0.05) is 48.0 Å². The Hall–Kier alpha value is -3.01. The van der Waals surface area contributed by atoms with Crippen molar-refractivity contribution in [3.63, 3.8) is 0 Å². The van der Waals surface area contributed by atoms with Gasteiger partial charge in [-0.2, -0.15) is 0 Å². The lowest BCUT2D eigenvalue weighted by Crippen LogP contribution is -1.96. The normalized spacial score (nSPS) is 10.9. The van der Waals surface area contributed by atoms with Gasteiger partial charge in [0.1, 0.15) is 0 Å². The molecular formula is C26H29FN2O. The van der Waals surface area contributed by atoms with Crippen LogP contribution in [0.2, 0.25) is 0 Å². The number of benzene rings is 2. The molecule has 0 atom stereocenters. The largest absolute Gasteiger partial charge is 0.356 e. The maximum absolute atomic E-state index is 11.0. The Morgan fingerprint density at radius 2 is 1.63 bits per heavy atom. The minimum Gasteiger partial charge on any atom is -0.356 e. The van der Waals surface area contributed by atoms with Crippen LogP contribution in [-0.4, -0.2) is 16.3 Å². The van der Waals surface area contributed by atoms with Gasteiger partial charge in [-0.05, 0) is 81.0 Å². The number of aryl methyl sites for hydroxylation is 4. The molecule has 156 valence electrons. The van der Waals surface area contributed by atoms with Crippen molar-refractivity contribution < 1.29 is 8.91 Å². The van der Waals surface area contributed by atoms with Gasteiger partial charge in [0.2, 0.25) is 0 Å². The van der Waals surface area contributed by atoms with Gasteiger partial charge in [-0.25, -0.2) is 4.39 Å². The fourth-order valence-electron chi connectivity index (χ4n) is 3.23. The number of pyridine rings is 1. The van der Waals surface area contributed by atoms with E-state index in [1.807, 2.05) is 12.3 Å². The van der Waals surface area contributed by atoms with Gasteiger partial charge >= 0.3 is 0 Å². The van der Waals surface area contributed by atoms with Crippen molar-refractivity contribution in [3.05, 3.63) is 83.3 Å². The van der Waals surface area contributed by atoms with E-state index in [1.54, 1.807) is 0 Å². The molecule has 0 radical (unpaired) electrons. The summed E-state index contributed by atoms with van der Waals surface area (Å²) in [5.41, 5.74) is 7.93. The number of hydrogen-bond donors (Lipinski definition) is 0. The molecule has 0 unspecified atom stereocenters. The zero-order valence-electron chi connectivity index (χ0n) is 18.2. The highest BCUT2D eigenvalue weighted by Crippen LogP contribution is 2.27. The van der Waals surface area contributed by atoms with Gasteiger partial charge in [0.25, 0.3) is 0 Å². The smallest absolute Gasteiger partial charge is 0.167 e. The van der Waals surface area contributed by atoms with E-state index in [0.717, 1.165) is 41.6 Å². The molecule has 0 spiro atoms. The molecule has 0 N–H and O–H groups in total. The second-order valence-electron chi connectivity index (χ2n) is 7.73. The second-order valence-corrected chi connectivity index (χ2v) is 7.73. The maximum Gasteiger partial charge on any atom is 0.167 e. The van der Waals surface area contributed by atoms with Crippen LogP contribution in [0.3, 0.4) is 0 Å². The molecule has 30 heavy (non-hydrogen) atoms. The predicted octanol–water partition coefficient (Wildman–Crippen LogP) is 6.91. The van der Waals surface area contributed by atoms with E-state index in [9.17, 15) is 4.39 Å². The van der Waals surface area contributed by atoms with Crippen LogP contribution in [-0.2, 0) is 19.3 Å². The highest BCUT2D eigenvalue weighted by atomic mass is 19.1. The topological polar surface area (TPSA) is 38.9 Å². The van der Waals surface area contributed by atoms with Crippen LogP contribution >= 0.6 is 0 Å². The Labute approximate surface area is 178 Å². The van der Waals surface area contributed by atoms with Crippen LogP contribution in [0.25, 0.3) is 22.1 Å². The molecule has 0 aliphatic rings. The maximum atomic E-state index is 11.0. The molecule has 0 amide bonds. The molecule has 4 heteroatoms. The molecule has 0 bridgehead atoms. The molecule has 2 aromatic carbocycles. The lowest BCUT2D eigenvalue weighted by atomic mass is 10.0. The second kappa shape index (κ2) is 10.1. The summed E-state index contributed by atoms with van der Waals surface area (Å²) >= 11 is 0. The van der Waals surface area contributed by atoms with Gasteiger partial charge in [-0.15, -0.1) is 0 Å². The summed E-state index contributed by atoms with van der Waals surface area (Å²) < 4.78 is 16.5. The van der Waals surface area contributed by atoms with E-state index in [4.69, 9.17) is 4.52 Å². The van der Waals surface area contributed by atoms with Crippen molar-refractivity contribution in [3.8, 4) is 11.1 Å². The first-order valence-electron chi connectivity index (χ1n) is 10.5. The SMILES string of the molecule is CC(C)F.CCc1ccnc(CCc2noc3ccc(-c4ccc(C)cc4)cc23)c1. The van der Waals surface area contributed by atoms with Crippen molar-refractivity contribution in [2.45, 2.75) is 53.1 Å². The zero-order chi connectivity index (χ0) is 21.5. The third kappa shape index (κ3) is 5.76. The molecule has 0 aliphatic heterocycles. The number of rotatable bonds is 5. The van der Waals surface area contributed by atoms with E-state index >= 15 is 0 Å². The molecule has 2 aromatic heterocycles. The van der Waals surface area contributed by atoms with Gasteiger partial charge in [0, 0.05) is 17.3 Å². The lowest BCUT2D eigenvalue weighted by molar-refractivity contribution is 0.391. The quantitative estimate of drug-likeness (QED) is 0.363. The average molecular weight is 405 g/mol. The first-order valence-corrected chi connectivity index (χ1v) is 10.5.